The number of rotatable bonds is 7. The van der Waals surface area contributed by atoms with Crippen LogP contribution in [0.2, 0.25) is 0 Å². The third kappa shape index (κ3) is 3.07. The van der Waals surface area contributed by atoms with Crippen molar-refractivity contribution in [1.29, 1.82) is 0 Å². The smallest absolute Gasteiger partial charge is 0.342 e. The molecule has 1 fully saturated rings. The first-order valence-electron chi connectivity index (χ1n) is 6.83. The number of nitro groups is 1. The van der Waals surface area contributed by atoms with E-state index in [1.807, 2.05) is 0 Å². The second kappa shape index (κ2) is 5.90. The molecule has 1 aliphatic carbocycles. The van der Waals surface area contributed by atoms with Gasteiger partial charge in [0.2, 0.25) is 0 Å². The fourth-order valence-electron chi connectivity index (χ4n) is 2.27. The minimum absolute atomic E-state index is 0.259. The Morgan fingerprint density at radius 1 is 1.50 bits per heavy atom. The van der Waals surface area contributed by atoms with Crippen molar-refractivity contribution in [3.8, 4) is 0 Å². The Hall–Kier alpha value is -2.11. The van der Waals surface area contributed by atoms with Gasteiger partial charge in [-0.15, -0.1) is 0 Å². The van der Waals surface area contributed by atoms with Gasteiger partial charge in [-0.2, -0.15) is 0 Å². The van der Waals surface area contributed by atoms with Crippen molar-refractivity contribution in [2.45, 2.75) is 38.6 Å². The van der Waals surface area contributed by atoms with Gasteiger partial charge in [0.15, 0.2) is 0 Å². The zero-order valence-electron chi connectivity index (χ0n) is 11.4. The lowest BCUT2D eigenvalue weighted by Gasteiger charge is -2.24. The topological polar surface area (TPSA) is 83.7 Å². The molecular formula is C14H18N2O4. The molecule has 0 saturated heterocycles. The molecule has 0 aliphatic heterocycles. The van der Waals surface area contributed by atoms with Gasteiger partial charge in [-0.25, -0.2) is 4.79 Å². The summed E-state index contributed by atoms with van der Waals surface area (Å²) in [7, 11) is 0. The number of carboxylic acids is 1. The number of hydrogen-bond donors (Lipinski definition) is 1. The summed E-state index contributed by atoms with van der Waals surface area (Å²) in [6.45, 7) is 2.95. The van der Waals surface area contributed by atoms with Crippen LogP contribution in [0, 0.1) is 10.1 Å². The maximum atomic E-state index is 11.0. The van der Waals surface area contributed by atoms with Crippen LogP contribution in [-0.2, 0) is 0 Å². The van der Waals surface area contributed by atoms with Crippen LogP contribution in [-0.4, -0.2) is 28.6 Å². The lowest BCUT2D eigenvalue weighted by molar-refractivity contribution is -0.385. The Balaban J connectivity index is 2.33. The first kappa shape index (κ1) is 14.3. The normalized spacial score (nSPS) is 14.1. The third-order valence-corrected chi connectivity index (χ3v) is 3.48. The van der Waals surface area contributed by atoms with Crippen molar-refractivity contribution < 1.29 is 14.8 Å². The Morgan fingerprint density at radius 3 is 2.70 bits per heavy atom. The molecule has 0 heterocycles. The lowest BCUT2D eigenvalue weighted by atomic mass is 10.1. The monoisotopic (exact) mass is 278 g/mol. The van der Waals surface area contributed by atoms with Gasteiger partial charge in [0, 0.05) is 24.3 Å². The largest absolute Gasteiger partial charge is 0.477 e. The number of hydrogen-bond acceptors (Lipinski definition) is 4. The zero-order chi connectivity index (χ0) is 14.7. The Bertz CT molecular complexity index is 526. The van der Waals surface area contributed by atoms with Gasteiger partial charge in [-0.1, -0.05) is 13.3 Å². The quantitative estimate of drug-likeness (QED) is 0.612. The molecule has 108 valence electrons. The van der Waals surface area contributed by atoms with Crippen LogP contribution >= 0.6 is 0 Å². The highest BCUT2D eigenvalue weighted by Gasteiger charge is 2.30. The van der Waals surface area contributed by atoms with E-state index in [4.69, 9.17) is 5.11 Å². The van der Waals surface area contributed by atoms with Crippen LogP contribution in [0.1, 0.15) is 43.0 Å². The van der Waals surface area contributed by atoms with E-state index < -0.39 is 10.9 Å². The standard InChI is InChI=1S/C14H18N2O4/c1-2-3-8-15(10-4-5-10)11-6-7-12(14(17)18)13(9-11)16(19)20/h6-7,9-10H,2-5,8H2,1H3,(H,17,18). The van der Waals surface area contributed by atoms with Crippen LogP contribution in [0.5, 0.6) is 0 Å². The average molecular weight is 278 g/mol. The van der Waals surface area contributed by atoms with Gasteiger partial charge in [-0.3, -0.25) is 10.1 Å². The highest BCUT2D eigenvalue weighted by Crippen LogP contribution is 2.34. The molecule has 0 unspecified atom stereocenters. The highest BCUT2D eigenvalue weighted by molar-refractivity contribution is 5.93. The Morgan fingerprint density at radius 2 is 2.20 bits per heavy atom. The van der Waals surface area contributed by atoms with E-state index in [-0.39, 0.29) is 11.3 Å². The van der Waals surface area contributed by atoms with E-state index >= 15 is 0 Å². The third-order valence-electron chi connectivity index (χ3n) is 3.48. The molecule has 0 amide bonds. The molecule has 2 rings (SSSR count). The Kier molecular flexibility index (Phi) is 4.22. The first-order valence-corrected chi connectivity index (χ1v) is 6.83. The number of carboxylic acid groups (broad SMARTS) is 1. The fourth-order valence-corrected chi connectivity index (χ4v) is 2.27. The van der Waals surface area contributed by atoms with E-state index in [1.54, 1.807) is 6.07 Å². The summed E-state index contributed by atoms with van der Waals surface area (Å²) >= 11 is 0. The molecule has 1 aromatic carbocycles. The van der Waals surface area contributed by atoms with Crippen LogP contribution < -0.4 is 4.90 Å². The van der Waals surface area contributed by atoms with E-state index in [9.17, 15) is 14.9 Å². The minimum Gasteiger partial charge on any atom is -0.477 e. The molecule has 0 radical (unpaired) electrons. The molecule has 0 atom stereocenters. The average Bonchev–Trinajstić information content (AvgIpc) is 3.23. The predicted molar refractivity (Wildman–Crippen MR) is 75.3 cm³/mol. The highest BCUT2D eigenvalue weighted by atomic mass is 16.6. The number of benzene rings is 1. The molecule has 0 bridgehead atoms. The second-order valence-corrected chi connectivity index (χ2v) is 5.04. The molecule has 6 nitrogen and oxygen atoms in total. The molecule has 0 aromatic heterocycles. The van der Waals surface area contributed by atoms with Gasteiger partial charge in [0.25, 0.3) is 5.69 Å². The van der Waals surface area contributed by atoms with Gasteiger partial charge in [0.1, 0.15) is 5.56 Å². The van der Waals surface area contributed by atoms with Crippen LogP contribution in [0.25, 0.3) is 0 Å². The van der Waals surface area contributed by atoms with Crippen LogP contribution in [0.15, 0.2) is 18.2 Å². The molecule has 1 aromatic rings. The van der Waals surface area contributed by atoms with Crippen LogP contribution in [0.4, 0.5) is 11.4 Å². The number of unbranched alkanes of at least 4 members (excludes halogenated alkanes) is 1. The summed E-state index contributed by atoms with van der Waals surface area (Å²) in [5.41, 5.74) is 0.153. The van der Waals surface area contributed by atoms with E-state index in [0.717, 1.165) is 37.9 Å². The number of nitro benzene ring substituents is 1. The summed E-state index contributed by atoms with van der Waals surface area (Å²) in [6, 6.07) is 4.83. The van der Waals surface area contributed by atoms with Crippen molar-refractivity contribution >= 4 is 17.3 Å². The molecule has 1 N–H and O–H groups in total. The number of anilines is 1. The summed E-state index contributed by atoms with van der Waals surface area (Å²) in [6.07, 6.45) is 4.26. The van der Waals surface area contributed by atoms with Gasteiger partial charge in [-0.05, 0) is 31.4 Å². The SMILES string of the molecule is CCCCN(c1ccc(C(=O)O)c([N+](=O)[O-])c1)C1CC1. The molecule has 1 saturated carbocycles. The number of carbonyl (C=O) groups is 1. The Labute approximate surface area is 117 Å². The maximum absolute atomic E-state index is 11.0. The zero-order valence-corrected chi connectivity index (χ0v) is 11.4. The molecular weight excluding hydrogens is 260 g/mol. The van der Waals surface area contributed by atoms with Crippen molar-refractivity contribution in [1.82, 2.24) is 0 Å². The maximum Gasteiger partial charge on any atom is 0.342 e. The van der Waals surface area contributed by atoms with Gasteiger partial charge in [0.05, 0.1) is 4.92 Å². The van der Waals surface area contributed by atoms with Crippen molar-refractivity contribution in [2.75, 3.05) is 11.4 Å². The predicted octanol–water partition coefficient (Wildman–Crippen LogP) is 3.06. The van der Waals surface area contributed by atoms with E-state index in [2.05, 4.69) is 11.8 Å². The van der Waals surface area contributed by atoms with Crippen molar-refractivity contribution in [2.24, 2.45) is 0 Å². The molecule has 0 spiro atoms. The summed E-state index contributed by atoms with van der Waals surface area (Å²) in [4.78, 5) is 23.6. The summed E-state index contributed by atoms with van der Waals surface area (Å²) in [5, 5.41) is 20.0. The summed E-state index contributed by atoms with van der Waals surface area (Å²) < 4.78 is 0. The van der Waals surface area contributed by atoms with E-state index in [1.165, 1.54) is 12.1 Å². The fraction of sp³-hybridized carbons (Fsp3) is 0.500. The summed E-state index contributed by atoms with van der Waals surface area (Å²) in [5.74, 6) is -1.27. The molecule has 1 aliphatic rings. The number of aromatic carboxylic acids is 1. The number of nitrogens with zero attached hydrogens (tertiary/aromatic N) is 2. The van der Waals surface area contributed by atoms with Crippen molar-refractivity contribution in [3.63, 3.8) is 0 Å². The second-order valence-electron chi connectivity index (χ2n) is 5.04. The molecule has 20 heavy (non-hydrogen) atoms. The van der Waals surface area contributed by atoms with E-state index in [0.29, 0.717) is 6.04 Å². The first-order chi connectivity index (χ1) is 9.54. The van der Waals surface area contributed by atoms with Gasteiger partial charge < -0.3 is 10.0 Å². The van der Waals surface area contributed by atoms with Crippen LogP contribution in [0.3, 0.4) is 0 Å². The van der Waals surface area contributed by atoms with Gasteiger partial charge >= 0.3 is 5.97 Å². The van der Waals surface area contributed by atoms with Crippen molar-refractivity contribution in [3.05, 3.63) is 33.9 Å². The lowest BCUT2D eigenvalue weighted by Crippen LogP contribution is -2.26. The minimum atomic E-state index is -1.27. The molecule has 6 heteroatoms.